The quantitative estimate of drug-likeness (QED) is 0.368. The minimum atomic E-state index is -0.390. The molecule has 1 N–H and O–H groups in total. The molecular formula is C27H38N2O2S. The Balaban J connectivity index is 1.37. The van der Waals surface area contributed by atoms with Crippen molar-refractivity contribution in [3.8, 4) is 5.75 Å². The Bertz CT molecular complexity index is 887. The van der Waals surface area contributed by atoms with Crippen LogP contribution >= 0.6 is 11.9 Å². The summed E-state index contributed by atoms with van der Waals surface area (Å²) in [6.45, 7) is 13.0. The SMILES string of the molecule is Cc1ccc(SN2CCC(NC(=O)C(C)(C)CCCOc3cc(C)ccc3C)CC2)cc1. The third kappa shape index (κ3) is 7.28. The molecule has 4 nitrogen and oxygen atoms in total. The summed E-state index contributed by atoms with van der Waals surface area (Å²) in [7, 11) is 0. The number of benzene rings is 2. The monoisotopic (exact) mass is 454 g/mol. The van der Waals surface area contributed by atoms with Crippen molar-refractivity contribution in [3.63, 3.8) is 0 Å². The largest absolute Gasteiger partial charge is 0.493 e. The molecule has 0 aliphatic carbocycles. The van der Waals surface area contributed by atoms with E-state index < -0.39 is 5.41 Å². The molecule has 1 amide bonds. The van der Waals surface area contributed by atoms with Gasteiger partial charge in [0.05, 0.1) is 6.61 Å². The van der Waals surface area contributed by atoms with Gasteiger partial charge in [-0.2, -0.15) is 0 Å². The number of nitrogens with one attached hydrogen (secondary N) is 1. The molecule has 0 unspecified atom stereocenters. The number of carbonyl (C=O) groups is 1. The fourth-order valence-corrected chi connectivity index (χ4v) is 4.84. The van der Waals surface area contributed by atoms with E-state index in [1.807, 2.05) is 25.8 Å². The van der Waals surface area contributed by atoms with Crippen molar-refractivity contribution in [2.24, 2.45) is 5.41 Å². The second-order valence-corrected chi connectivity index (χ2v) is 10.9. The number of hydrogen-bond donors (Lipinski definition) is 1. The van der Waals surface area contributed by atoms with Gasteiger partial charge in [-0.05, 0) is 87.7 Å². The maximum absolute atomic E-state index is 12.9. The van der Waals surface area contributed by atoms with Crippen molar-refractivity contribution in [2.45, 2.75) is 71.2 Å². The highest BCUT2D eigenvalue weighted by Crippen LogP contribution is 2.28. The van der Waals surface area contributed by atoms with Gasteiger partial charge in [-0.15, -0.1) is 0 Å². The Morgan fingerprint density at radius 2 is 1.72 bits per heavy atom. The fraction of sp³-hybridized carbons (Fsp3) is 0.519. The van der Waals surface area contributed by atoms with Crippen molar-refractivity contribution >= 4 is 17.9 Å². The van der Waals surface area contributed by atoms with Gasteiger partial charge in [-0.3, -0.25) is 4.79 Å². The van der Waals surface area contributed by atoms with Gasteiger partial charge in [0.25, 0.3) is 0 Å². The Hall–Kier alpha value is -1.98. The number of piperidine rings is 1. The molecule has 0 bridgehead atoms. The zero-order valence-electron chi connectivity index (χ0n) is 20.2. The average Bonchev–Trinajstić information content (AvgIpc) is 2.76. The van der Waals surface area contributed by atoms with Crippen LogP contribution in [0.4, 0.5) is 0 Å². The molecule has 5 heteroatoms. The first-order valence-electron chi connectivity index (χ1n) is 11.7. The molecule has 2 aromatic carbocycles. The van der Waals surface area contributed by atoms with Crippen LogP contribution in [-0.4, -0.2) is 36.0 Å². The van der Waals surface area contributed by atoms with E-state index in [4.69, 9.17) is 4.74 Å². The van der Waals surface area contributed by atoms with Crippen LogP contribution in [0.3, 0.4) is 0 Å². The van der Waals surface area contributed by atoms with Crippen LogP contribution in [0.2, 0.25) is 0 Å². The highest BCUT2D eigenvalue weighted by atomic mass is 32.2. The van der Waals surface area contributed by atoms with E-state index in [-0.39, 0.29) is 11.9 Å². The van der Waals surface area contributed by atoms with Crippen molar-refractivity contribution in [2.75, 3.05) is 19.7 Å². The van der Waals surface area contributed by atoms with Gasteiger partial charge in [-0.25, -0.2) is 4.31 Å². The van der Waals surface area contributed by atoms with E-state index in [0.717, 1.165) is 50.1 Å². The van der Waals surface area contributed by atoms with E-state index in [0.29, 0.717) is 6.61 Å². The Morgan fingerprint density at radius 3 is 2.41 bits per heavy atom. The molecular weight excluding hydrogens is 416 g/mol. The van der Waals surface area contributed by atoms with E-state index in [2.05, 4.69) is 72.9 Å². The highest BCUT2D eigenvalue weighted by Gasteiger charge is 2.30. The summed E-state index contributed by atoms with van der Waals surface area (Å²) in [6, 6.07) is 15.2. The molecule has 1 saturated heterocycles. The molecule has 32 heavy (non-hydrogen) atoms. The standard InChI is InChI=1S/C27H38N2O2S/c1-20-8-11-24(12-9-20)32-29-16-13-23(14-17-29)28-26(30)27(4,5)15-6-18-31-25-19-21(2)7-10-22(25)3/h7-12,19,23H,6,13-18H2,1-5H3,(H,28,30). The van der Waals surface area contributed by atoms with Crippen LogP contribution in [0.15, 0.2) is 47.4 Å². The number of rotatable bonds is 9. The summed E-state index contributed by atoms with van der Waals surface area (Å²) in [6.07, 6.45) is 3.66. The predicted molar refractivity (Wildman–Crippen MR) is 134 cm³/mol. The van der Waals surface area contributed by atoms with Crippen LogP contribution in [0.1, 0.15) is 56.2 Å². The van der Waals surface area contributed by atoms with Crippen molar-refractivity contribution in [1.29, 1.82) is 0 Å². The lowest BCUT2D eigenvalue weighted by Gasteiger charge is -2.33. The first kappa shape index (κ1) is 24.7. The smallest absolute Gasteiger partial charge is 0.225 e. The summed E-state index contributed by atoms with van der Waals surface area (Å²) in [5, 5.41) is 3.31. The highest BCUT2D eigenvalue weighted by molar-refractivity contribution is 7.97. The number of ether oxygens (including phenoxy) is 1. The Morgan fingerprint density at radius 1 is 1.06 bits per heavy atom. The van der Waals surface area contributed by atoms with Crippen LogP contribution in [-0.2, 0) is 4.79 Å². The Kier molecular flexibility index (Phi) is 8.66. The molecule has 0 saturated carbocycles. The molecule has 3 rings (SSSR count). The van der Waals surface area contributed by atoms with Crippen molar-refractivity contribution in [1.82, 2.24) is 9.62 Å². The molecule has 2 aromatic rings. The molecule has 0 radical (unpaired) electrons. The zero-order chi connectivity index (χ0) is 23.1. The molecule has 1 aliphatic rings. The zero-order valence-corrected chi connectivity index (χ0v) is 21.1. The predicted octanol–water partition coefficient (Wildman–Crippen LogP) is 6.08. The summed E-state index contributed by atoms with van der Waals surface area (Å²) in [5.41, 5.74) is 3.25. The maximum Gasteiger partial charge on any atom is 0.225 e. The number of hydrogen-bond acceptors (Lipinski definition) is 4. The summed E-state index contributed by atoms with van der Waals surface area (Å²) in [4.78, 5) is 14.2. The number of nitrogens with zero attached hydrogens (tertiary/aromatic N) is 1. The van der Waals surface area contributed by atoms with E-state index >= 15 is 0 Å². The third-order valence-corrected chi connectivity index (χ3v) is 7.31. The minimum Gasteiger partial charge on any atom is -0.493 e. The van der Waals surface area contributed by atoms with Gasteiger partial charge < -0.3 is 10.1 Å². The molecule has 1 aliphatic heterocycles. The first-order chi connectivity index (χ1) is 15.2. The molecule has 1 fully saturated rings. The molecule has 0 atom stereocenters. The minimum absolute atomic E-state index is 0.161. The van der Waals surface area contributed by atoms with Gasteiger partial charge in [0.15, 0.2) is 0 Å². The lowest BCUT2D eigenvalue weighted by molar-refractivity contribution is -0.130. The van der Waals surface area contributed by atoms with Crippen LogP contribution in [0.25, 0.3) is 0 Å². The van der Waals surface area contributed by atoms with Crippen molar-refractivity contribution in [3.05, 3.63) is 59.2 Å². The van der Waals surface area contributed by atoms with Gasteiger partial charge in [-0.1, -0.05) is 43.7 Å². The van der Waals surface area contributed by atoms with Gasteiger partial charge in [0, 0.05) is 29.4 Å². The summed E-state index contributed by atoms with van der Waals surface area (Å²) in [5.74, 6) is 1.11. The maximum atomic E-state index is 12.9. The normalized spacial score (nSPS) is 15.5. The van der Waals surface area contributed by atoms with Crippen molar-refractivity contribution < 1.29 is 9.53 Å². The average molecular weight is 455 g/mol. The van der Waals surface area contributed by atoms with Gasteiger partial charge in [0.1, 0.15) is 5.75 Å². The second kappa shape index (κ2) is 11.2. The lowest BCUT2D eigenvalue weighted by Crippen LogP contribution is -2.47. The van der Waals surface area contributed by atoms with Gasteiger partial charge in [0.2, 0.25) is 5.91 Å². The Labute approximate surface area is 198 Å². The summed E-state index contributed by atoms with van der Waals surface area (Å²) < 4.78 is 8.38. The molecule has 0 aromatic heterocycles. The number of carbonyl (C=O) groups excluding carboxylic acids is 1. The van der Waals surface area contributed by atoms with Crippen LogP contribution in [0.5, 0.6) is 5.75 Å². The number of aryl methyl sites for hydroxylation is 3. The molecule has 0 spiro atoms. The fourth-order valence-electron chi connectivity index (χ4n) is 3.89. The summed E-state index contributed by atoms with van der Waals surface area (Å²) >= 11 is 1.82. The third-order valence-electron chi connectivity index (χ3n) is 6.21. The second-order valence-electron chi connectivity index (χ2n) is 9.69. The number of amides is 1. The van der Waals surface area contributed by atoms with E-state index in [1.54, 1.807) is 0 Å². The lowest BCUT2D eigenvalue weighted by atomic mass is 9.86. The van der Waals surface area contributed by atoms with Crippen LogP contribution < -0.4 is 10.1 Å². The van der Waals surface area contributed by atoms with E-state index in [9.17, 15) is 4.79 Å². The first-order valence-corrected chi connectivity index (χ1v) is 12.5. The molecule has 174 valence electrons. The van der Waals surface area contributed by atoms with Gasteiger partial charge >= 0.3 is 0 Å². The van der Waals surface area contributed by atoms with E-state index in [1.165, 1.54) is 16.0 Å². The topological polar surface area (TPSA) is 41.6 Å². The molecule has 1 heterocycles. The van der Waals surface area contributed by atoms with Crippen LogP contribution in [0, 0.1) is 26.2 Å².